The van der Waals surface area contributed by atoms with E-state index in [4.69, 9.17) is 11.6 Å². The van der Waals surface area contributed by atoms with Gasteiger partial charge in [0.2, 0.25) is 0 Å². The third-order valence-corrected chi connectivity index (χ3v) is 5.41. The van der Waals surface area contributed by atoms with Gasteiger partial charge in [0.1, 0.15) is 5.52 Å². The molecule has 0 saturated heterocycles. The third kappa shape index (κ3) is 3.56. The van der Waals surface area contributed by atoms with Crippen molar-refractivity contribution in [1.29, 1.82) is 0 Å². The average molecular weight is 398 g/mol. The van der Waals surface area contributed by atoms with Crippen molar-refractivity contribution in [1.82, 2.24) is 19.7 Å². The van der Waals surface area contributed by atoms with Crippen molar-refractivity contribution in [2.45, 2.75) is 20.0 Å². The van der Waals surface area contributed by atoms with Gasteiger partial charge in [-0.3, -0.25) is 19.4 Å². The van der Waals surface area contributed by atoms with Crippen molar-refractivity contribution in [3.63, 3.8) is 0 Å². The number of anilines is 1. The molecule has 0 aliphatic rings. The lowest BCUT2D eigenvalue weighted by Crippen LogP contribution is -2.31. The summed E-state index contributed by atoms with van der Waals surface area (Å²) in [5, 5.41) is 5.48. The van der Waals surface area contributed by atoms with Crippen molar-refractivity contribution in [3.8, 4) is 0 Å². The standard InChI is InChI=1S/C19H16ClN5OS/c1-2-24-11-9-15(23-24)18(26)25(12-13-6-3-4-10-21-13)19-22-17-14(20)7-5-8-16(17)27-19/h3-11H,2,12H2,1H3. The molecule has 4 rings (SSSR count). The Morgan fingerprint density at radius 3 is 2.81 bits per heavy atom. The van der Waals surface area contributed by atoms with Crippen molar-refractivity contribution in [2.24, 2.45) is 0 Å². The van der Waals surface area contributed by atoms with Gasteiger partial charge >= 0.3 is 0 Å². The van der Waals surface area contributed by atoms with Gasteiger partial charge in [-0.05, 0) is 37.3 Å². The van der Waals surface area contributed by atoms with E-state index >= 15 is 0 Å². The zero-order valence-electron chi connectivity index (χ0n) is 14.5. The summed E-state index contributed by atoms with van der Waals surface area (Å²) < 4.78 is 2.65. The first-order valence-electron chi connectivity index (χ1n) is 8.46. The number of carbonyl (C=O) groups is 1. The van der Waals surface area contributed by atoms with Crippen molar-refractivity contribution in [2.75, 3.05) is 4.90 Å². The summed E-state index contributed by atoms with van der Waals surface area (Å²) in [6, 6.07) is 12.9. The minimum Gasteiger partial charge on any atom is -0.276 e. The molecular weight excluding hydrogens is 382 g/mol. The van der Waals surface area contributed by atoms with Gasteiger partial charge in [-0.25, -0.2) is 4.98 Å². The summed E-state index contributed by atoms with van der Waals surface area (Å²) >= 11 is 7.69. The number of pyridine rings is 1. The molecule has 0 aliphatic heterocycles. The van der Waals surface area contributed by atoms with Crippen LogP contribution in [0.4, 0.5) is 5.13 Å². The molecule has 27 heavy (non-hydrogen) atoms. The molecule has 0 spiro atoms. The Labute approximate surface area is 165 Å². The highest BCUT2D eigenvalue weighted by molar-refractivity contribution is 7.22. The van der Waals surface area contributed by atoms with Crippen LogP contribution < -0.4 is 4.90 Å². The first kappa shape index (κ1) is 17.6. The number of amides is 1. The van der Waals surface area contributed by atoms with Gasteiger partial charge in [-0.2, -0.15) is 5.10 Å². The van der Waals surface area contributed by atoms with Crippen LogP contribution in [0.15, 0.2) is 54.9 Å². The molecule has 0 aliphatic carbocycles. The number of thiazole rings is 1. The van der Waals surface area contributed by atoms with Crippen LogP contribution in [0.3, 0.4) is 0 Å². The first-order chi connectivity index (χ1) is 13.2. The quantitative estimate of drug-likeness (QED) is 0.500. The minimum atomic E-state index is -0.219. The van der Waals surface area contributed by atoms with Gasteiger partial charge in [-0.1, -0.05) is 35.1 Å². The van der Waals surface area contributed by atoms with E-state index in [0.717, 1.165) is 10.4 Å². The highest BCUT2D eigenvalue weighted by Crippen LogP contribution is 2.33. The number of aromatic nitrogens is 4. The number of rotatable bonds is 5. The lowest BCUT2D eigenvalue weighted by Gasteiger charge is -2.18. The molecule has 6 nitrogen and oxygen atoms in total. The predicted molar refractivity (Wildman–Crippen MR) is 107 cm³/mol. The van der Waals surface area contributed by atoms with E-state index in [1.54, 1.807) is 34.1 Å². The van der Waals surface area contributed by atoms with Crippen LogP contribution in [0.5, 0.6) is 0 Å². The van der Waals surface area contributed by atoms with Gasteiger partial charge in [0, 0.05) is 18.9 Å². The maximum absolute atomic E-state index is 13.2. The highest BCUT2D eigenvalue weighted by Gasteiger charge is 2.24. The Bertz CT molecular complexity index is 1090. The molecule has 1 aromatic carbocycles. The van der Waals surface area contributed by atoms with Crippen LogP contribution >= 0.6 is 22.9 Å². The molecular formula is C19H16ClN5OS. The number of benzene rings is 1. The van der Waals surface area contributed by atoms with E-state index in [0.29, 0.717) is 34.5 Å². The number of carbonyl (C=O) groups excluding carboxylic acids is 1. The fraction of sp³-hybridized carbons (Fsp3) is 0.158. The molecule has 4 aromatic rings. The summed E-state index contributed by atoms with van der Waals surface area (Å²) in [4.78, 5) is 23.8. The Morgan fingerprint density at radius 1 is 1.22 bits per heavy atom. The number of nitrogens with zero attached hydrogens (tertiary/aromatic N) is 5. The molecule has 1 amide bonds. The summed E-state index contributed by atoms with van der Waals surface area (Å²) in [6.07, 6.45) is 3.50. The number of hydrogen-bond acceptors (Lipinski definition) is 5. The van der Waals surface area contributed by atoms with E-state index in [1.165, 1.54) is 11.3 Å². The van der Waals surface area contributed by atoms with Crippen molar-refractivity contribution < 1.29 is 4.79 Å². The monoisotopic (exact) mass is 397 g/mol. The van der Waals surface area contributed by atoms with E-state index in [9.17, 15) is 4.79 Å². The molecule has 0 bridgehead atoms. The molecule has 0 fully saturated rings. The zero-order valence-corrected chi connectivity index (χ0v) is 16.1. The number of hydrogen-bond donors (Lipinski definition) is 0. The van der Waals surface area contributed by atoms with Gasteiger partial charge in [0.25, 0.3) is 5.91 Å². The van der Waals surface area contributed by atoms with Crippen molar-refractivity contribution in [3.05, 3.63) is 71.3 Å². The van der Waals surface area contributed by atoms with E-state index < -0.39 is 0 Å². The molecule has 8 heteroatoms. The molecule has 3 heterocycles. The molecule has 136 valence electrons. The number of aryl methyl sites for hydroxylation is 1. The fourth-order valence-corrected chi connectivity index (χ4v) is 3.95. The maximum Gasteiger partial charge on any atom is 0.280 e. The smallest absolute Gasteiger partial charge is 0.276 e. The van der Waals surface area contributed by atoms with Crippen LogP contribution in [0, 0.1) is 0 Å². The van der Waals surface area contributed by atoms with Crippen LogP contribution in [0.2, 0.25) is 5.02 Å². The summed E-state index contributed by atoms with van der Waals surface area (Å²) in [6.45, 7) is 2.98. The summed E-state index contributed by atoms with van der Waals surface area (Å²) in [7, 11) is 0. The van der Waals surface area contributed by atoms with Gasteiger partial charge < -0.3 is 0 Å². The zero-order chi connectivity index (χ0) is 18.8. The Morgan fingerprint density at radius 2 is 2.11 bits per heavy atom. The van der Waals surface area contributed by atoms with E-state index in [1.807, 2.05) is 37.3 Å². The van der Waals surface area contributed by atoms with Crippen LogP contribution in [-0.2, 0) is 13.1 Å². The maximum atomic E-state index is 13.2. The largest absolute Gasteiger partial charge is 0.280 e. The fourth-order valence-electron chi connectivity index (χ4n) is 2.69. The Hall–Kier alpha value is -2.77. The second-order valence-electron chi connectivity index (χ2n) is 5.85. The molecule has 3 aromatic heterocycles. The second-order valence-corrected chi connectivity index (χ2v) is 7.27. The van der Waals surface area contributed by atoms with Gasteiger partial charge in [0.15, 0.2) is 10.8 Å². The average Bonchev–Trinajstić information content (AvgIpc) is 3.34. The molecule has 0 N–H and O–H groups in total. The van der Waals surface area contributed by atoms with Crippen LogP contribution in [-0.4, -0.2) is 25.7 Å². The molecule has 0 radical (unpaired) electrons. The lowest BCUT2D eigenvalue weighted by molar-refractivity contribution is 0.0979. The lowest BCUT2D eigenvalue weighted by atomic mass is 10.3. The normalized spacial score (nSPS) is 11.0. The second kappa shape index (κ2) is 7.46. The van der Waals surface area contributed by atoms with Crippen LogP contribution in [0.1, 0.15) is 23.1 Å². The first-order valence-corrected chi connectivity index (χ1v) is 9.65. The predicted octanol–water partition coefficient (Wildman–Crippen LogP) is 4.41. The topological polar surface area (TPSA) is 63.9 Å². The number of para-hydroxylation sites is 1. The van der Waals surface area contributed by atoms with Gasteiger partial charge in [-0.15, -0.1) is 0 Å². The molecule has 0 saturated carbocycles. The van der Waals surface area contributed by atoms with E-state index in [2.05, 4.69) is 15.1 Å². The SMILES string of the molecule is CCn1ccc(C(=O)N(Cc2ccccn2)c2nc3c(Cl)cccc3s2)n1. The Kier molecular flexibility index (Phi) is 4.87. The minimum absolute atomic E-state index is 0.219. The summed E-state index contributed by atoms with van der Waals surface area (Å²) in [5.74, 6) is -0.219. The number of halogens is 1. The Balaban J connectivity index is 1.76. The van der Waals surface area contributed by atoms with Crippen molar-refractivity contribution >= 4 is 44.2 Å². The summed E-state index contributed by atoms with van der Waals surface area (Å²) in [5.41, 5.74) is 1.83. The van der Waals surface area contributed by atoms with Crippen LogP contribution in [0.25, 0.3) is 10.2 Å². The van der Waals surface area contributed by atoms with E-state index in [-0.39, 0.29) is 5.91 Å². The number of fused-ring (bicyclic) bond motifs is 1. The van der Waals surface area contributed by atoms with Gasteiger partial charge in [0.05, 0.1) is 22.0 Å². The molecule has 0 atom stereocenters. The highest BCUT2D eigenvalue weighted by atomic mass is 35.5. The molecule has 0 unspecified atom stereocenters. The third-order valence-electron chi connectivity index (χ3n) is 4.06.